The molecule has 6 fully saturated rings. The summed E-state index contributed by atoms with van der Waals surface area (Å²) in [5.74, 6) is 2.51. The first kappa shape index (κ1) is 44.5. The molecule has 16 nitrogen and oxygen atoms in total. The van der Waals surface area contributed by atoms with Crippen molar-refractivity contribution in [3.63, 3.8) is 0 Å². The number of terminal acetylenes is 1. The topological polar surface area (TPSA) is 169 Å². The maximum Gasteiger partial charge on any atom is 0.409 e. The zero-order valence-corrected chi connectivity index (χ0v) is 38.7. The van der Waals surface area contributed by atoms with E-state index in [1.54, 1.807) is 34.2 Å². The minimum atomic E-state index is -0.525. The van der Waals surface area contributed by atoms with E-state index in [9.17, 15) is 19.5 Å². The summed E-state index contributed by atoms with van der Waals surface area (Å²) in [5.41, 5.74) is 5.07. The second-order valence-electron chi connectivity index (χ2n) is 19.3. The lowest BCUT2D eigenvalue weighted by molar-refractivity contribution is -0.120. The van der Waals surface area contributed by atoms with Crippen LogP contribution >= 0.6 is 0 Å². The Morgan fingerprint density at radius 2 is 1.77 bits per heavy atom. The molecule has 2 bridgehead atoms. The largest absolute Gasteiger partial charge is 0.508 e. The average Bonchev–Trinajstić information content (AvgIpc) is 3.99. The van der Waals surface area contributed by atoms with E-state index in [0.717, 1.165) is 78.9 Å². The maximum absolute atomic E-state index is 15.2. The normalized spacial score (nSPS) is 23.7. The first-order valence-electron chi connectivity index (χ1n) is 24.0. The molecular formula is C52H55FN10O6. The number of fused-ring (bicyclic) bond motifs is 5. The van der Waals surface area contributed by atoms with Gasteiger partial charge < -0.3 is 34.6 Å². The number of nitrogens with one attached hydrogen (secondary N) is 2. The van der Waals surface area contributed by atoms with Gasteiger partial charge in [0.05, 0.1) is 27.7 Å². The monoisotopic (exact) mass is 934 g/mol. The van der Waals surface area contributed by atoms with Crippen molar-refractivity contribution in [1.29, 1.82) is 0 Å². The van der Waals surface area contributed by atoms with Crippen LogP contribution in [0.3, 0.4) is 0 Å². The predicted octanol–water partition coefficient (Wildman–Crippen LogP) is 6.12. The third-order valence-electron chi connectivity index (χ3n) is 15.1. The van der Waals surface area contributed by atoms with Crippen molar-refractivity contribution in [2.75, 3.05) is 80.3 Å². The Kier molecular flexibility index (Phi) is 11.5. The van der Waals surface area contributed by atoms with Gasteiger partial charge >= 0.3 is 18.1 Å². The smallest absolute Gasteiger partial charge is 0.409 e. The van der Waals surface area contributed by atoms with Gasteiger partial charge in [-0.15, -0.1) is 6.42 Å². The number of ether oxygens (including phenoxy) is 2. The van der Waals surface area contributed by atoms with Crippen molar-refractivity contribution in [1.82, 2.24) is 35.4 Å². The van der Waals surface area contributed by atoms with E-state index in [4.69, 9.17) is 30.8 Å². The summed E-state index contributed by atoms with van der Waals surface area (Å²) in [7, 11) is 0. The fraction of sp³-hybridized carbons (Fsp3) is 0.423. The number of aryl methyl sites for hydroxylation is 1. The zero-order valence-electron chi connectivity index (χ0n) is 38.7. The van der Waals surface area contributed by atoms with E-state index in [0.29, 0.717) is 91.9 Å². The van der Waals surface area contributed by atoms with Gasteiger partial charge in [0.1, 0.15) is 30.6 Å². The number of carbonyl (C=O) groups excluding carboxylic acids is 3. The van der Waals surface area contributed by atoms with Crippen molar-refractivity contribution in [2.45, 2.75) is 75.5 Å². The molecule has 0 saturated carbocycles. The Morgan fingerprint density at radius 1 is 1.00 bits per heavy atom. The number of piperazine rings is 2. The van der Waals surface area contributed by atoms with Crippen LogP contribution < -0.4 is 30.1 Å². The summed E-state index contributed by atoms with van der Waals surface area (Å²) in [6.45, 7) is 11.8. The molecule has 8 heterocycles. The lowest BCUT2D eigenvalue weighted by Crippen LogP contribution is -2.51. The maximum atomic E-state index is 15.2. The van der Waals surface area contributed by atoms with Gasteiger partial charge in [-0.25, -0.2) is 14.0 Å². The summed E-state index contributed by atoms with van der Waals surface area (Å²) < 4.78 is 28.0. The van der Waals surface area contributed by atoms with Crippen LogP contribution in [0.4, 0.5) is 31.2 Å². The molecule has 356 valence electrons. The number of rotatable bonds is 10. The first-order valence-corrected chi connectivity index (χ1v) is 24.0. The highest BCUT2D eigenvalue weighted by molar-refractivity contribution is 6.06. The van der Waals surface area contributed by atoms with E-state index in [-0.39, 0.29) is 53.9 Å². The molecule has 11 rings (SSSR count). The van der Waals surface area contributed by atoms with Crippen LogP contribution in [0.25, 0.3) is 32.9 Å². The SMILES string of the molecule is C#Cc1c(F)ccc2cc(O)cc(-c3ncc4c(N5CC6CCC(C5)N6)nc(OCC56CCC(COC(=O)N7CCN(c8ccc(N9CCC(=O)NC9=O)cc8)CC7)N5CC(=C)C6)nc4c3CC)c12. The lowest BCUT2D eigenvalue weighted by atomic mass is 9.93. The number of phenolic OH excluding ortho intramolecular Hbond substituents is 1. The molecule has 0 aliphatic carbocycles. The number of hydrogen-bond donors (Lipinski definition) is 3. The van der Waals surface area contributed by atoms with Crippen LogP contribution in [0.1, 0.15) is 56.6 Å². The molecule has 6 aliphatic heterocycles. The third-order valence-corrected chi connectivity index (χ3v) is 15.1. The van der Waals surface area contributed by atoms with E-state index < -0.39 is 11.8 Å². The molecule has 4 unspecified atom stereocenters. The molecule has 4 atom stereocenters. The van der Waals surface area contributed by atoms with Gasteiger partial charge in [0, 0.05) is 111 Å². The summed E-state index contributed by atoms with van der Waals surface area (Å²) in [6.07, 6.45) is 12.7. The highest BCUT2D eigenvalue weighted by Gasteiger charge is 2.51. The number of carbonyl (C=O) groups is 3. The van der Waals surface area contributed by atoms with Crippen LogP contribution in [0, 0.1) is 18.2 Å². The average molecular weight is 935 g/mol. The third kappa shape index (κ3) is 8.18. The van der Waals surface area contributed by atoms with Crippen molar-refractivity contribution in [2.24, 2.45) is 0 Å². The van der Waals surface area contributed by atoms with Crippen molar-refractivity contribution >= 4 is 56.9 Å². The van der Waals surface area contributed by atoms with E-state index in [1.165, 1.54) is 6.07 Å². The number of amides is 4. The second kappa shape index (κ2) is 17.8. The van der Waals surface area contributed by atoms with E-state index in [1.807, 2.05) is 31.2 Å². The highest BCUT2D eigenvalue weighted by Crippen LogP contribution is 2.45. The van der Waals surface area contributed by atoms with E-state index >= 15 is 4.39 Å². The van der Waals surface area contributed by atoms with Crippen molar-refractivity contribution in [3.8, 4) is 35.4 Å². The van der Waals surface area contributed by atoms with Crippen LogP contribution in [0.2, 0.25) is 0 Å². The molecular weight excluding hydrogens is 880 g/mol. The number of hydrogen-bond acceptors (Lipinski definition) is 13. The lowest BCUT2D eigenvalue weighted by Gasteiger charge is -2.37. The molecule has 69 heavy (non-hydrogen) atoms. The summed E-state index contributed by atoms with van der Waals surface area (Å²) >= 11 is 0. The van der Waals surface area contributed by atoms with Crippen molar-refractivity contribution in [3.05, 3.63) is 83.8 Å². The Bertz CT molecular complexity index is 2940. The molecule has 6 saturated heterocycles. The number of phenols is 1. The number of pyridine rings is 1. The van der Waals surface area contributed by atoms with Gasteiger partial charge in [-0.05, 0) is 86.4 Å². The minimum absolute atomic E-state index is 0.0116. The number of nitrogens with zero attached hydrogens (tertiary/aromatic N) is 8. The molecule has 0 radical (unpaired) electrons. The summed E-state index contributed by atoms with van der Waals surface area (Å²) in [6, 6.07) is 14.3. The fourth-order valence-electron chi connectivity index (χ4n) is 11.7. The van der Waals surface area contributed by atoms with Crippen LogP contribution in [-0.2, 0) is 16.0 Å². The van der Waals surface area contributed by atoms with Gasteiger partial charge in [0.15, 0.2) is 0 Å². The number of urea groups is 1. The van der Waals surface area contributed by atoms with Gasteiger partial charge in [-0.1, -0.05) is 31.1 Å². The summed E-state index contributed by atoms with van der Waals surface area (Å²) in [5, 5.41) is 18.9. The Hall–Kier alpha value is -7.03. The Balaban J connectivity index is 0.803. The molecule has 5 aromatic rings. The van der Waals surface area contributed by atoms with Gasteiger partial charge in [0.2, 0.25) is 5.91 Å². The standard InChI is InChI=1S/C52H55FN10O6/c1-4-39-43(53)13-6-32-22-38(64)23-41(45(32)39)46-40(5-2)47-42(25-54-46)48(61-27-33-7-8-34(28-61)55-33)58-49(57-47)69-30-52-16-14-37(63(52)26-31(3)24-52)29-68-51(67)60-20-18-59(19-21-60)35-9-11-36(12-10-35)62-17-15-44(65)56-50(62)66/h1,6,9-13,22-23,25,33-34,37,55,64H,3,5,7-8,14-21,24,26-30H2,2H3,(H,56,65,66). The number of aromatic nitrogens is 3. The van der Waals surface area contributed by atoms with Crippen molar-refractivity contribution < 1.29 is 33.4 Å². The zero-order chi connectivity index (χ0) is 47.6. The number of anilines is 3. The molecule has 3 aromatic carbocycles. The molecule has 4 amide bonds. The molecule has 0 spiro atoms. The van der Waals surface area contributed by atoms with Crippen LogP contribution in [-0.4, -0.2) is 137 Å². The predicted molar refractivity (Wildman–Crippen MR) is 260 cm³/mol. The quantitative estimate of drug-likeness (QED) is 0.108. The summed E-state index contributed by atoms with van der Waals surface area (Å²) in [4.78, 5) is 62.9. The second-order valence-corrected chi connectivity index (χ2v) is 19.3. The molecule has 17 heteroatoms. The minimum Gasteiger partial charge on any atom is -0.508 e. The number of imide groups is 1. The molecule has 3 N–H and O–H groups in total. The fourth-order valence-corrected chi connectivity index (χ4v) is 11.7. The van der Waals surface area contributed by atoms with E-state index in [2.05, 4.69) is 37.8 Å². The molecule has 6 aliphatic rings. The Morgan fingerprint density at radius 3 is 2.51 bits per heavy atom. The van der Waals surface area contributed by atoms with Gasteiger partial charge in [-0.3, -0.25) is 24.9 Å². The number of benzene rings is 3. The molecule has 2 aromatic heterocycles. The highest BCUT2D eigenvalue weighted by atomic mass is 19.1. The number of aromatic hydroxyl groups is 1. The van der Waals surface area contributed by atoms with Gasteiger partial charge in [0.25, 0.3) is 0 Å². The van der Waals surface area contributed by atoms with Crippen LogP contribution in [0.5, 0.6) is 11.8 Å². The van der Waals surface area contributed by atoms with Crippen LogP contribution in [0.15, 0.2) is 66.9 Å². The first-order chi connectivity index (χ1) is 33.5. The van der Waals surface area contributed by atoms with Gasteiger partial charge in [-0.2, -0.15) is 9.97 Å². The Labute approximate surface area is 399 Å². The number of halogens is 1.